The molecular weight excluding hydrogens is 346 g/mol. The highest BCUT2D eigenvalue weighted by Gasteiger charge is 2.32. The van der Waals surface area contributed by atoms with E-state index in [-0.39, 0.29) is 5.41 Å². The zero-order valence-electron chi connectivity index (χ0n) is 12.3. The van der Waals surface area contributed by atoms with E-state index < -0.39 is 0 Å². The van der Waals surface area contributed by atoms with Crippen molar-refractivity contribution in [2.45, 2.75) is 38.1 Å². The molecule has 110 valence electrons. The number of anilines is 1. The predicted octanol–water partition coefficient (Wildman–Crippen LogP) is 6.33. The topological polar surface area (TPSA) is 12.0 Å². The molecule has 3 rings (SSSR count). The molecule has 0 spiro atoms. The van der Waals surface area contributed by atoms with E-state index >= 15 is 0 Å². The Hall–Kier alpha value is -0.990. The van der Waals surface area contributed by atoms with Crippen molar-refractivity contribution in [3.63, 3.8) is 0 Å². The van der Waals surface area contributed by atoms with Crippen LogP contribution in [0.5, 0.6) is 0 Å². The lowest BCUT2D eigenvalue weighted by Gasteiger charge is -2.37. The van der Waals surface area contributed by atoms with Crippen LogP contribution in [-0.4, -0.2) is 0 Å². The molecule has 1 aliphatic carbocycles. The average molecular weight is 365 g/mol. The average Bonchev–Trinajstić information content (AvgIpc) is 2.46. The molecule has 0 saturated carbocycles. The van der Waals surface area contributed by atoms with E-state index in [1.165, 1.54) is 17.5 Å². The number of nitrogens with one attached hydrogen (secondary N) is 1. The van der Waals surface area contributed by atoms with Gasteiger partial charge < -0.3 is 5.32 Å². The highest BCUT2D eigenvalue weighted by atomic mass is 79.9. The molecule has 2 aromatic rings. The van der Waals surface area contributed by atoms with Crippen LogP contribution in [0.15, 0.2) is 46.9 Å². The van der Waals surface area contributed by atoms with Gasteiger partial charge in [-0.1, -0.05) is 65.6 Å². The van der Waals surface area contributed by atoms with Crippen molar-refractivity contribution in [2.24, 2.45) is 0 Å². The summed E-state index contributed by atoms with van der Waals surface area (Å²) in [6.45, 7) is 4.66. The van der Waals surface area contributed by atoms with Gasteiger partial charge in [-0.2, -0.15) is 0 Å². The quantitative estimate of drug-likeness (QED) is 0.656. The van der Waals surface area contributed by atoms with Crippen LogP contribution in [0, 0.1) is 0 Å². The lowest BCUT2D eigenvalue weighted by Crippen LogP contribution is -2.29. The molecule has 0 fully saturated rings. The first-order valence-electron chi connectivity index (χ1n) is 7.28. The number of benzene rings is 2. The lowest BCUT2D eigenvalue weighted by molar-refractivity contribution is 0.406. The maximum atomic E-state index is 6.32. The summed E-state index contributed by atoms with van der Waals surface area (Å²) in [5, 5.41) is 4.39. The van der Waals surface area contributed by atoms with Gasteiger partial charge in [-0.3, -0.25) is 0 Å². The third-order valence-electron chi connectivity index (χ3n) is 4.38. The van der Waals surface area contributed by atoms with Gasteiger partial charge in [-0.05, 0) is 47.6 Å². The highest BCUT2D eigenvalue weighted by Crippen LogP contribution is 2.43. The third-order valence-corrected chi connectivity index (χ3v) is 5.20. The van der Waals surface area contributed by atoms with Crippen LogP contribution in [-0.2, 0) is 5.41 Å². The summed E-state index contributed by atoms with van der Waals surface area (Å²) < 4.78 is 1.04. The molecule has 3 heteroatoms. The van der Waals surface area contributed by atoms with Crippen molar-refractivity contribution in [1.29, 1.82) is 0 Å². The molecule has 0 heterocycles. The molecule has 0 aliphatic heterocycles. The van der Waals surface area contributed by atoms with Gasteiger partial charge in [0, 0.05) is 4.47 Å². The molecule has 1 aliphatic rings. The fraction of sp³-hybridized carbons (Fsp3) is 0.333. The van der Waals surface area contributed by atoms with Crippen LogP contribution in [0.2, 0.25) is 5.02 Å². The highest BCUT2D eigenvalue weighted by molar-refractivity contribution is 9.10. The molecule has 0 amide bonds. The van der Waals surface area contributed by atoms with Crippen LogP contribution in [0.25, 0.3) is 0 Å². The first-order valence-corrected chi connectivity index (χ1v) is 8.45. The minimum Gasteiger partial charge on any atom is -0.377 e. The van der Waals surface area contributed by atoms with Crippen molar-refractivity contribution in [3.05, 3.63) is 63.1 Å². The number of rotatable bonds is 2. The SMILES string of the molecule is CC1(C)CCC(Nc2cc(Br)ccc2Cl)c2ccccc21. The molecule has 0 aromatic heterocycles. The summed E-state index contributed by atoms with van der Waals surface area (Å²) in [4.78, 5) is 0. The molecule has 2 aromatic carbocycles. The Morgan fingerprint density at radius 1 is 1.19 bits per heavy atom. The van der Waals surface area contributed by atoms with Crippen LogP contribution in [0.4, 0.5) is 5.69 Å². The Balaban J connectivity index is 1.96. The van der Waals surface area contributed by atoms with Crippen LogP contribution >= 0.6 is 27.5 Å². The largest absolute Gasteiger partial charge is 0.377 e. The summed E-state index contributed by atoms with van der Waals surface area (Å²) in [6.07, 6.45) is 2.29. The Kier molecular flexibility index (Phi) is 4.02. The van der Waals surface area contributed by atoms with E-state index in [2.05, 4.69) is 59.4 Å². The Labute approximate surface area is 139 Å². The van der Waals surface area contributed by atoms with Crippen molar-refractivity contribution < 1.29 is 0 Å². The van der Waals surface area contributed by atoms with E-state index in [0.717, 1.165) is 21.6 Å². The zero-order valence-corrected chi connectivity index (χ0v) is 14.6. The van der Waals surface area contributed by atoms with E-state index in [4.69, 9.17) is 11.6 Å². The van der Waals surface area contributed by atoms with Crippen LogP contribution in [0.3, 0.4) is 0 Å². The monoisotopic (exact) mass is 363 g/mol. The van der Waals surface area contributed by atoms with E-state index in [9.17, 15) is 0 Å². The fourth-order valence-electron chi connectivity index (χ4n) is 3.16. The van der Waals surface area contributed by atoms with Crippen molar-refractivity contribution in [1.82, 2.24) is 0 Å². The summed E-state index contributed by atoms with van der Waals surface area (Å²) in [5.41, 5.74) is 4.07. The molecule has 0 radical (unpaired) electrons. The zero-order chi connectivity index (χ0) is 15.0. The predicted molar refractivity (Wildman–Crippen MR) is 94.2 cm³/mol. The minimum atomic E-state index is 0.246. The fourth-order valence-corrected chi connectivity index (χ4v) is 3.69. The van der Waals surface area contributed by atoms with E-state index in [0.29, 0.717) is 6.04 Å². The summed E-state index contributed by atoms with van der Waals surface area (Å²) in [5.74, 6) is 0. The van der Waals surface area contributed by atoms with E-state index in [1.807, 2.05) is 18.2 Å². The molecule has 0 bridgehead atoms. The molecular formula is C18H19BrClN. The second-order valence-corrected chi connectivity index (χ2v) is 7.65. The third kappa shape index (κ3) is 2.97. The van der Waals surface area contributed by atoms with Gasteiger partial charge >= 0.3 is 0 Å². The van der Waals surface area contributed by atoms with Crippen molar-refractivity contribution >= 4 is 33.2 Å². The number of hydrogen-bond donors (Lipinski definition) is 1. The van der Waals surface area contributed by atoms with Gasteiger partial charge in [0.1, 0.15) is 0 Å². The Morgan fingerprint density at radius 2 is 1.95 bits per heavy atom. The number of fused-ring (bicyclic) bond motifs is 1. The van der Waals surface area contributed by atoms with Crippen LogP contribution < -0.4 is 5.32 Å². The van der Waals surface area contributed by atoms with Gasteiger partial charge in [0.15, 0.2) is 0 Å². The second kappa shape index (κ2) is 5.66. The smallest absolute Gasteiger partial charge is 0.0638 e. The summed E-state index contributed by atoms with van der Waals surface area (Å²) in [7, 11) is 0. The van der Waals surface area contributed by atoms with Gasteiger partial charge in [0.05, 0.1) is 16.8 Å². The number of hydrogen-bond acceptors (Lipinski definition) is 1. The molecule has 0 saturated heterocycles. The van der Waals surface area contributed by atoms with Gasteiger partial charge in [-0.25, -0.2) is 0 Å². The molecule has 21 heavy (non-hydrogen) atoms. The summed E-state index contributed by atoms with van der Waals surface area (Å²) in [6, 6.07) is 15.0. The molecule has 1 atom stereocenters. The minimum absolute atomic E-state index is 0.246. The molecule has 1 N–H and O–H groups in total. The Bertz CT molecular complexity index is 666. The van der Waals surface area contributed by atoms with Crippen LogP contribution in [0.1, 0.15) is 43.9 Å². The van der Waals surface area contributed by atoms with Gasteiger partial charge in [0.2, 0.25) is 0 Å². The van der Waals surface area contributed by atoms with Crippen molar-refractivity contribution in [2.75, 3.05) is 5.32 Å². The second-order valence-electron chi connectivity index (χ2n) is 6.33. The Morgan fingerprint density at radius 3 is 2.76 bits per heavy atom. The summed E-state index contributed by atoms with van der Waals surface area (Å²) >= 11 is 9.83. The lowest BCUT2D eigenvalue weighted by atomic mass is 9.71. The standard InChI is InChI=1S/C18H19BrClN/c1-18(2)10-9-16(13-5-3-4-6-14(13)18)21-17-11-12(19)7-8-15(17)20/h3-8,11,16,21H,9-10H2,1-2H3. The van der Waals surface area contributed by atoms with Crippen molar-refractivity contribution in [3.8, 4) is 0 Å². The molecule has 1 unspecified atom stereocenters. The maximum Gasteiger partial charge on any atom is 0.0638 e. The first-order chi connectivity index (χ1) is 9.97. The normalized spacial score (nSPS) is 19.9. The first kappa shape index (κ1) is 14.9. The molecule has 1 nitrogen and oxygen atoms in total. The number of halogens is 2. The maximum absolute atomic E-state index is 6.32. The van der Waals surface area contributed by atoms with Gasteiger partial charge in [-0.15, -0.1) is 0 Å². The van der Waals surface area contributed by atoms with Gasteiger partial charge in [0.25, 0.3) is 0 Å². The van der Waals surface area contributed by atoms with E-state index in [1.54, 1.807) is 0 Å².